The predicted molar refractivity (Wildman–Crippen MR) is 72.0 cm³/mol. The van der Waals surface area contributed by atoms with Crippen molar-refractivity contribution in [2.45, 2.75) is 25.3 Å². The van der Waals surface area contributed by atoms with Crippen LogP contribution in [0.15, 0.2) is 42.7 Å². The van der Waals surface area contributed by atoms with Gasteiger partial charge >= 0.3 is 0 Å². The van der Waals surface area contributed by atoms with Crippen LogP contribution in [-0.2, 0) is 0 Å². The summed E-state index contributed by atoms with van der Waals surface area (Å²) in [6, 6.07) is 11.1. The molecule has 2 heterocycles. The van der Waals surface area contributed by atoms with Crippen molar-refractivity contribution in [1.29, 1.82) is 0 Å². The maximum absolute atomic E-state index is 4.49. The van der Waals surface area contributed by atoms with Crippen LogP contribution in [0.25, 0.3) is 5.69 Å². The number of para-hydroxylation sites is 1. The molecule has 0 amide bonds. The van der Waals surface area contributed by atoms with E-state index in [0.29, 0.717) is 0 Å². The summed E-state index contributed by atoms with van der Waals surface area (Å²) in [5, 5.41) is 4.49. The van der Waals surface area contributed by atoms with E-state index in [4.69, 9.17) is 0 Å². The fraction of sp³-hybridized carbons (Fsp3) is 0.400. The van der Waals surface area contributed by atoms with Crippen LogP contribution in [0, 0.1) is 5.92 Å². The van der Waals surface area contributed by atoms with Crippen molar-refractivity contribution in [3.8, 4) is 5.69 Å². The zero-order valence-corrected chi connectivity index (χ0v) is 10.4. The van der Waals surface area contributed by atoms with Crippen LogP contribution in [0.5, 0.6) is 0 Å². The Morgan fingerprint density at radius 3 is 2.67 bits per heavy atom. The third-order valence-electron chi connectivity index (χ3n) is 4.33. The molecule has 1 aromatic heterocycles. The summed E-state index contributed by atoms with van der Waals surface area (Å²) in [6.07, 6.45) is 8.34. The highest BCUT2D eigenvalue weighted by molar-refractivity contribution is 5.48. The molecular formula is C15H17N3. The second-order valence-corrected chi connectivity index (χ2v) is 5.46. The van der Waals surface area contributed by atoms with Gasteiger partial charge in [-0.2, -0.15) is 5.10 Å². The molecule has 1 aliphatic heterocycles. The highest BCUT2D eigenvalue weighted by atomic mass is 15.3. The molecule has 2 aromatic rings. The average molecular weight is 239 g/mol. The van der Waals surface area contributed by atoms with Gasteiger partial charge in [-0.25, -0.2) is 4.68 Å². The van der Waals surface area contributed by atoms with Crippen LogP contribution in [0.2, 0.25) is 0 Å². The molecule has 18 heavy (non-hydrogen) atoms. The Hall–Kier alpha value is -1.77. The van der Waals surface area contributed by atoms with Crippen LogP contribution in [0.3, 0.4) is 0 Å². The van der Waals surface area contributed by atoms with E-state index in [1.807, 2.05) is 16.9 Å². The Bertz CT molecular complexity index is 546. The lowest BCUT2D eigenvalue weighted by molar-refractivity contribution is 0.553. The van der Waals surface area contributed by atoms with Crippen molar-refractivity contribution < 1.29 is 0 Å². The minimum absolute atomic E-state index is 0.767. The van der Waals surface area contributed by atoms with Gasteiger partial charge < -0.3 is 4.90 Å². The van der Waals surface area contributed by atoms with Gasteiger partial charge in [-0.3, -0.25) is 0 Å². The number of anilines is 1. The van der Waals surface area contributed by atoms with E-state index in [9.17, 15) is 0 Å². The van der Waals surface area contributed by atoms with Crippen LogP contribution < -0.4 is 4.90 Å². The maximum Gasteiger partial charge on any atom is 0.0759 e. The quantitative estimate of drug-likeness (QED) is 0.803. The number of nitrogens with zero attached hydrogens (tertiary/aromatic N) is 3. The summed E-state index contributed by atoms with van der Waals surface area (Å²) >= 11 is 0. The summed E-state index contributed by atoms with van der Waals surface area (Å²) in [6.45, 7) is 1.23. The molecule has 4 rings (SSSR count). The first-order chi connectivity index (χ1) is 8.90. The molecule has 2 fully saturated rings. The first-order valence-electron chi connectivity index (χ1n) is 6.77. The highest BCUT2D eigenvalue weighted by Gasteiger charge is 2.38. The van der Waals surface area contributed by atoms with Gasteiger partial charge in [-0.15, -0.1) is 0 Å². The Kier molecular flexibility index (Phi) is 2.19. The average Bonchev–Trinajstić information content (AvgIpc) is 3.15. The van der Waals surface area contributed by atoms with Crippen molar-refractivity contribution in [3.63, 3.8) is 0 Å². The molecular weight excluding hydrogens is 222 g/mol. The second kappa shape index (κ2) is 3.87. The topological polar surface area (TPSA) is 21.1 Å². The van der Waals surface area contributed by atoms with Crippen molar-refractivity contribution in [2.75, 3.05) is 11.4 Å². The van der Waals surface area contributed by atoms with Gasteiger partial charge in [0.25, 0.3) is 0 Å². The molecule has 1 aliphatic carbocycles. The van der Waals surface area contributed by atoms with Gasteiger partial charge in [0.05, 0.1) is 23.8 Å². The SMILES string of the molecule is c1ccc(-n2cc(N3CC4CCC3C4)cn2)cc1. The molecule has 3 nitrogen and oxygen atoms in total. The lowest BCUT2D eigenvalue weighted by Crippen LogP contribution is -2.31. The number of fused-ring (bicyclic) bond motifs is 2. The Balaban J connectivity index is 1.63. The summed E-state index contributed by atoms with van der Waals surface area (Å²) in [7, 11) is 0. The number of benzene rings is 1. The predicted octanol–water partition coefficient (Wildman–Crippen LogP) is 2.86. The summed E-state index contributed by atoms with van der Waals surface area (Å²) < 4.78 is 1.97. The minimum atomic E-state index is 0.767. The lowest BCUT2D eigenvalue weighted by Gasteiger charge is -2.27. The van der Waals surface area contributed by atoms with Crippen molar-refractivity contribution >= 4 is 5.69 Å². The minimum Gasteiger partial charge on any atom is -0.366 e. The smallest absolute Gasteiger partial charge is 0.0759 e. The summed E-state index contributed by atoms with van der Waals surface area (Å²) in [4.78, 5) is 2.54. The lowest BCUT2D eigenvalue weighted by atomic mass is 10.1. The number of rotatable bonds is 2. The highest BCUT2D eigenvalue weighted by Crippen LogP contribution is 2.40. The van der Waals surface area contributed by atoms with Crippen LogP contribution in [0.1, 0.15) is 19.3 Å². The van der Waals surface area contributed by atoms with E-state index in [2.05, 4.69) is 40.5 Å². The van der Waals surface area contributed by atoms with Crippen LogP contribution in [-0.4, -0.2) is 22.4 Å². The van der Waals surface area contributed by atoms with E-state index in [-0.39, 0.29) is 0 Å². The van der Waals surface area contributed by atoms with Crippen molar-refractivity contribution in [3.05, 3.63) is 42.7 Å². The van der Waals surface area contributed by atoms with E-state index in [1.54, 1.807) is 0 Å². The standard InChI is InChI=1S/C15H17N3/c1-2-4-13(5-3-1)18-11-15(9-16-18)17-10-12-6-7-14(17)8-12/h1-5,9,11-12,14H,6-8,10H2. The van der Waals surface area contributed by atoms with E-state index < -0.39 is 0 Å². The first kappa shape index (κ1) is 10.2. The molecule has 0 N–H and O–H groups in total. The van der Waals surface area contributed by atoms with Gasteiger partial charge in [0, 0.05) is 12.6 Å². The van der Waals surface area contributed by atoms with Crippen LogP contribution >= 0.6 is 0 Å². The normalized spacial score (nSPS) is 25.9. The van der Waals surface area contributed by atoms with E-state index in [1.165, 1.54) is 31.5 Å². The van der Waals surface area contributed by atoms with E-state index >= 15 is 0 Å². The monoisotopic (exact) mass is 239 g/mol. The molecule has 2 unspecified atom stereocenters. The zero-order chi connectivity index (χ0) is 11.9. The molecule has 1 saturated carbocycles. The third-order valence-corrected chi connectivity index (χ3v) is 4.33. The summed E-state index contributed by atoms with van der Waals surface area (Å²) in [5.74, 6) is 0.926. The summed E-state index contributed by atoms with van der Waals surface area (Å²) in [5.41, 5.74) is 2.42. The molecule has 1 aromatic carbocycles. The van der Waals surface area contributed by atoms with Crippen molar-refractivity contribution in [2.24, 2.45) is 5.92 Å². The fourth-order valence-corrected chi connectivity index (χ4v) is 3.42. The zero-order valence-electron chi connectivity index (χ0n) is 10.4. The van der Waals surface area contributed by atoms with Gasteiger partial charge in [-0.1, -0.05) is 18.2 Å². The molecule has 2 aliphatic rings. The number of aromatic nitrogens is 2. The third kappa shape index (κ3) is 1.54. The van der Waals surface area contributed by atoms with E-state index in [0.717, 1.165) is 17.6 Å². The maximum atomic E-state index is 4.49. The van der Waals surface area contributed by atoms with Gasteiger partial charge in [0.2, 0.25) is 0 Å². The molecule has 2 atom stereocenters. The fourth-order valence-electron chi connectivity index (χ4n) is 3.42. The molecule has 1 saturated heterocycles. The Morgan fingerprint density at radius 1 is 1.06 bits per heavy atom. The molecule has 2 bridgehead atoms. The van der Waals surface area contributed by atoms with Crippen LogP contribution in [0.4, 0.5) is 5.69 Å². The molecule has 0 spiro atoms. The second-order valence-electron chi connectivity index (χ2n) is 5.46. The van der Waals surface area contributed by atoms with Gasteiger partial charge in [0.15, 0.2) is 0 Å². The number of piperidine rings is 1. The van der Waals surface area contributed by atoms with Gasteiger partial charge in [0.1, 0.15) is 0 Å². The molecule has 92 valence electrons. The number of hydrogen-bond acceptors (Lipinski definition) is 2. The molecule has 0 radical (unpaired) electrons. The largest absolute Gasteiger partial charge is 0.366 e. The number of hydrogen-bond donors (Lipinski definition) is 0. The Labute approximate surface area is 107 Å². The first-order valence-corrected chi connectivity index (χ1v) is 6.77. The Morgan fingerprint density at radius 2 is 1.94 bits per heavy atom. The molecule has 3 heteroatoms. The van der Waals surface area contributed by atoms with Gasteiger partial charge in [-0.05, 0) is 37.3 Å². The van der Waals surface area contributed by atoms with Crippen molar-refractivity contribution in [1.82, 2.24) is 9.78 Å².